The zero-order valence-corrected chi connectivity index (χ0v) is 9.80. The van der Waals surface area contributed by atoms with Gasteiger partial charge in [0.25, 0.3) is 0 Å². The smallest absolute Gasteiger partial charge is 0.392 e. The number of aliphatic hydroxyl groups excluding tert-OH is 1. The van der Waals surface area contributed by atoms with E-state index in [-0.39, 0.29) is 12.1 Å². The van der Waals surface area contributed by atoms with Crippen molar-refractivity contribution in [3.63, 3.8) is 0 Å². The summed E-state index contributed by atoms with van der Waals surface area (Å²) in [4.78, 5) is 0. The van der Waals surface area contributed by atoms with Gasteiger partial charge in [0.2, 0.25) is 0 Å². The summed E-state index contributed by atoms with van der Waals surface area (Å²) in [6.45, 7) is 0.954. The molecule has 2 nitrogen and oxygen atoms in total. The van der Waals surface area contributed by atoms with Gasteiger partial charge >= 0.3 is 6.18 Å². The summed E-state index contributed by atoms with van der Waals surface area (Å²) in [6, 6.07) is 2.37. The predicted molar refractivity (Wildman–Crippen MR) is 58.5 cm³/mol. The van der Waals surface area contributed by atoms with Crippen molar-refractivity contribution in [3.05, 3.63) is 35.5 Å². The highest BCUT2D eigenvalue weighted by Crippen LogP contribution is 2.35. The van der Waals surface area contributed by atoms with Gasteiger partial charge in [-0.15, -0.1) is 0 Å². The van der Waals surface area contributed by atoms with E-state index in [2.05, 4.69) is 0 Å². The lowest BCUT2D eigenvalue weighted by Crippen LogP contribution is -2.19. The molecule has 0 spiro atoms. The van der Waals surface area contributed by atoms with Gasteiger partial charge in [0.05, 0.1) is 11.6 Å². The Morgan fingerprint density at radius 2 is 1.89 bits per heavy atom. The number of hydrogen-bond donors (Lipinski definition) is 1. The maximum atomic E-state index is 13.5. The van der Waals surface area contributed by atoms with Crippen molar-refractivity contribution in [1.29, 1.82) is 0 Å². The Morgan fingerprint density at radius 1 is 1.26 bits per heavy atom. The highest BCUT2D eigenvalue weighted by Gasteiger charge is 2.36. The molecule has 0 bridgehead atoms. The lowest BCUT2D eigenvalue weighted by molar-refractivity contribution is -0.143. The van der Waals surface area contributed by atoms with Crippen LogP contribution in [-0.2, 0) is 12.7 Å². The third-order valence-electron chi connectivity index (χ3n) is 2.71. The van der Waals surface area contributed by atoms with E-state index in [9.17, 15) is 27.1 Å². The Hall–Kier alpha value is -1.63. The number of aliphatic hydroxyl groups is 1. The fourth-order valence-corrected chi connectivity index (χ4v) is 1.97. The summed E-state index contributed by atoms with van der Waals surface area (Å²) >= 11 is 0. The van der Waals surface area contributed by atoms with E-state index >= 15 is 0 Å². The second kappa shape index (κ2) is 4.48. The number of benzene rings is 1. The number of rotatable bonds is 2. The van der Waals surface area contributed by atoms with Crippen molar-refractivity contribution in [3.8, 4) is 0 Å². The van der Waals surface area contributed by atoms with Crippen LogP contribution in [0.3, 0.4) is 0 Å². The van der Waals surface area contributed by atoms with Crippen LogP contribution in [0, 0.1) is 11.6 Å². The molecule has 0 saturated carbocycles. The molecule has 0 aliphatic heterocycles. The Morgan fingerprint density at radius 3 is 2.42 bits per heavy atom. The minimum absolute atomic E-state index is 0.105. The summed E-state index contributed by atoms with van der Waals surface area (Å²) in [5, 5.41) is 8.79. The predicted octanol–water partition coefficient (Wildman–Crippen LogP) is 3.32. The first kappa shape index (κ1) is 13.8. The number of aromatic nitrogens is 1. The Labute approximate surface area is 105 Å². The molecule has 1 aromatic heterocycles. The lowest BCUT2D eigenvalue weighted by atomic mass is 10.2. The number of alkyl halides is 3. The van der Waals surface area contributed by atoms with Crippen LogP contribution in [-0.4, -0.2) is 15.8 Å². The van der Waals surface area contributed by atoms with Crippen molar-refractivity contribution in [2.45, 2.75) is 25.7 Å². The normalized spacial score (nSPS) is 14.1. The summed E-state index contributed by atoms with van der Waals surface area (Å²) < 4.78 is 65.8. The third-order valence-corrected chi connectivity index (χ3v) is 2.71. The largest absolute Gasteiger partial charge is 0.431 e. The lowest BCUT2D eigenvalue weighted by Gasteiger charge is -2.14. The average Bonchev–Trinajstić information content (AvgIpc) is 2.62. The molecule has 104 valence electrons. The summed E-state index contributed by atoms with van der Waals surface area (Å²) in [5.41, 5.74) is -1.22. The van der Waals surface area contributed by atoms with Gasteiger partial charge in [0.1, 0.15) is 5.69 Å². The third kappa shape index (κ3) is 2.42. The van der Waals surface area contributed by atoms with Gasteiger partial charge < -0.3 is 9.67 Å². The van der Waals surface area contributed by atoms with Gasteiger partial charge in [-0.1, -0.05) is 0 Å². The van der Waals surface area contributed by atoms with E-state index in [4.69, 9.17) is 0 Å². The molecule has 2 rings (SSSR count). The van der Waals surface area contributed by atoms with Gasteiger partial charge in [-0.25, -0.2) is 8.78 Å². The first-order chi connectivity index (χ1) is 8.71. The topological polar surface area (TPSA) is 25.2 Å². The van der Waals surface area contributed by atoms with E-state index in [1.165, 1.54) is 6.92 Å². The summed E-state index contributed by atoms with van der Waals surface area (Å²) in [5.74, 6) is -2.54. The monoisotopic (exact) mass is 279 g/mol. The molecule has 1 unspecified atom stereocenters. The second-order valence-electron chi connectivity index (χ2n) is 4.28. The molecule has 0 fully saturated rings. The Kier molecular flexibility index (Phi) is 3.25. The molecule has 0 aliphatic rings. The Balaban J connectivity index is 2.77. The van der Waals surface area contributed by atoms with Crippen LogP contribution in [0.25, 0.3) is 10.9 Å². The fraction of sp³-hybridized carbons (Fsp3) is 0.333. The van der Waals surface area contributed by atoms with Crippen LogP contribution >= 0.6 is 0 Å². The highest BCUT2D eigenvalue weighted by molar-refractivity contribution is 5.82. The SMILES string of the molecule is CC(O)Cn1c(C(F)(F)F)cc2c(F)c(F)ccc21. The number of hydrogen-bond acceptors (Lipinski definition) is 1. The molecular weight excluding hydrogens is 269 g/mol. The van der Waals surface area contributed by atoms with E-state index in [0.717, 1.165) is 16.7 Å². The van der Waals surface area contributed by atoms with Crippen molar-refractivity contribution < 1.29 is 27.1 Å². The quantitative estimate of drug-likeness (QED) is 0.838. The highest BCUT2D eigenvalue weighted by atomic mass is 19.4. The molecule has 1 N–H and O–H groups in total. The molecule has 19 heavy (non-hydrogen) atoms. The molecule has 2 aromatic rings. The van der Waals surface area contributed by atoms with E-state index in [0.29, 0.717) is 6.07 Å². The first-order valence-electron chi connectivity index (χ1n) is 5.44. The molecule has 1 aromatic carbocycles. The molecule has 1 heterocycles. The fourth-order valence-electron chi connectivity index (χ4n) is 1.97. The zero-order valence-electron chi connectivity index (χ0n) is 9.80. The van der Waals surface area contributed by atoms with E-state index in [1.807, 2.05) is 0 Å². The van der Waals surface area contributed by atoms with Gasteiger partial charge in [-0.05, 0) is 25.1 Å². The first-order valence-corrected chi connectivity index (χ1v) is 5.44. The van der Waals surface area contributed by atoms with Gasteiger partial charge in [-0.3, -0.25) is 0 Å². The van der Waals surface area contributed by atoms with E-state index in [1.54, 1.807) is 0 Å². The Bertz CT molecular complexity index is 615. The standard InChI is InChI=1S/C12H10F5NO/c1-6(19)5-18-9-3-2-8(13)11(14)7(9)4-10(18)12(15,16)17/h2-4,6,19H,5H2,1H3. The number of fused-ring (bicyclic) bond motifs is 1. The van der Waals surface area contributed by atoms with Crippen LogP contribution in [0.1, 0.15) is 12.6 Å². The van der Waals surface area contributed by atoms with Crippen LogP contribution in [0.15, 0.2) is 18.2 Å². The van der Waals surface area contributed by atoms with Crippen molar-refractivity contribution in [2.75, 3.05) is 0 Å². The minimum Gasteiger partial charge on any atom is -0.392 e. The molecule has 0 radical (unpaired) electrons. The molecule has 1 atom stereocenters. The molecule has 0 aliphatic carbocycles. The molecule has 0 saturated heterocycles. The molecule has 7 heteroatoms. The minimum atomic E-state index is -4.71. The van der Waals surface area contributed by atoms with Crippen LogP contribution in [0.4, 0.5) is 22.0 Å². The number of nitrogens with zero attached hydrogens (tertiary/aromatic N) is 1. The van der Waals surface area contributed by atoms with E-state index < -0.39 is 35.0 Å². The second-order valence-corrected chi connectivity index (χ2v) is 4.28. The molecular formula is C12H10F5NO. The van der Waals surface area contributed by atoms with Crippen LogP contribution < -0.4 is 0 Å². The summed E-state index contributed by atoms with van der Waals surface area (Å²) in [6.07, 6.45) is -5.76. The maximum absolute atomic E-state index is 13.5. The van der Waals surface area contributed by atoms with Crippen LogP contribution in [0.5, 0.6) is 0 Å². The number of halogens is 5. The van der Waals surface area contributed by atoms with Crippen molar-refractivity contribution >= 4 is 10.9 Å². The average molecular weight is 279 g/mol. The van der Waals surface area contributed by atoms with Gasteiger partial charge in [0, 0.05) is 11.9 Å². The zero-order chi connectivity index (χ0) is 14.4. The summed E-state index contributed by atoms with van der Waals surface area (Å²) in [7, 11) is 0. The molecule has 0 amide bonds. The van der Waals surface area contributed by atoms with Crippen molar-refractivity contribution in [1.82, 2.24) is 4.57 Å². The van der Waals surface area contributed by atoms with Gasteiger partial charge in [0.15, 0.2) is 11.6 Å². The van der Waals surface area contributed by atoms with Gasteiger partial charge in [-0.2, -0.15) is 13.2 Å². The van der Waals surface area contributed by atoms with Crippen LogP contribution in [0.2, 0.25) is 0 Å². The maximum Gasteiger partial charge on any atom is 0.431 e. The van der Waals surface area contributed by atoms with Crippen molar-refractivity contribution in [2.24, 2.45) is 0 Å².